The molecule has 0 fully saturated rings. The highest BCUT2D eigenvalue weighted by molar-refractivity contribution is 7.18. The monoisotopic (exact) mass is 478 g/mol. The van der Waals surface area contributed by atoms with E-state index >= 15 is 0 Å². The second kappa shape index (κ2) is 8.87. The minimum Gasteiger partial charge on any atom is -0.486 e. The average Bonchev–Trinajstić information content (AvgIpc) is 3.33. The highest BCUT2D eigenvalue weighted by atomic mass is 32.1. The lowest BCUT2D eigenvalue weighted by Crippen LogP contribution is -2.03. The van der Waals surface area contributed by atoms with Gasteiger partial charge in [-0.2, -0.15) is 13.2 Å². The van der Waals surface area contributed by atoms with Crippen molar-refractivity contribution in [3.8, 4) is 16.3 Å². The summed E-state index contributed by atoms with van der Waals surface area (Å²) in [6, 6.07) is 10.5. The van der Waals surface area contributed by atoms with E-state index in [2.05, 4.69) is 9.97 Å². The summed E-state index contributed by atoms with van der Waals surface area (Å²) in [7, 11) is 0. The van der Waals surface area contributed by atoms with Crippen molar-refractivity contribution in [3.63, 3.8) is 0 Å². The first-order valence-electron chi connectivity index (χ1n) is 9.57. The number of hydrogen-bond donors (Lipinski definition) is 1. The van der Waals surface area contributed by atoms with E-state index in [0.717, 1.165) is 32.4 Å². The Kier molecular flexibility index (Phi) is 6.16. The topological polar surface area (TPSA) is 72.3 Å². The van der Waals surface area contributed by atoms with Crippen molar-refractivity contribution >= 4 is 38.9 Å². The summed E-state index contributed by atoms with van der Waals surface area (Å²) in [6.45, 7) is 2.07. The number of aliphatic carboxylic acids is 1. The van der Waals surface area contributed by atoms with Crippen molar-refractivity contribution in [2.75, 3.05) is 0 Å². The third kappa shape index (κ3) is 4.91. The fraction of sp³-hybridized carbons (Fsp3) is 0.227. The maximum Gasteiger partial charge on any atom is 0.416 e. The molecule has 0 unspecified atom stereocenters. The zero-order valence-corrected chi connectivity index (χ0v) is 18.4. The molecule has 166 valence electrons. The summed E-state index contributed by atoms with van der Waals surface area (Å²) in [4.78, 5) is 20.7. The Balaban J connectivity index is 1.50. The first-order chi connectivity index (χ1) is 15.2. The number of rotatable bonds is 7. The molecule has 0 saturated heterocycles. The van der Waals surface area contributed by atoms with Crippen molar-refractivity contribution in [2.45, 2.75) is 32.5 Å². The molecule has 1 N–H and O–H groups in total. The molecule has 0 bridgehead atoms. The lowest BCUT2D eigenvalue weighted by atomic mass is 10.1. The molecule has 0 spiro atoms. The Morgan fingerprint density at radius 2 is 1.84 bits per heavy atom. The van der Waals surface area contributed by atoms with Crippen LogP contribution >= 0.6 is 22.7 Å². The zero-order valence-electron chi connectivity index (χ0n) is 16.8. The first-order valence-corrected chi connectivity index (χ1v) is 11.2. The minimum absolute atomic E-state index is 0.0167. The second-order valence-electron chi connectivity index (χ2n) is 7.00. The first kappa shape index (κ1) is 22.2. The van der Waals surface area contributed by atoms with Crippen molar-refractivity contribution in [1.29, 1.82) is 0 Å². The predicted octanol–water partition coefficient (Wildman–Crippen LogP) is 6.34. The van der Waals surface area contributed by atoms with E-state index in [9.17, 15) is 18.0 Å². The normalized spacial score (nSPS) is 11.8. The number of halogens is 3. The molecule has 2 aromatic carbocycles. The van der Waals surface area contributed by atoms with Gasteiger partial charge >= 0.3 is 12.1 Å². The van der Waals surface area contributed by atoms with Crippen LogP contribution in [-0.4, -0.2) is 21.0 Å². The van der Waals surface area contributed by atoms with Crippen LogP contribution < -0.4 is 4.74 Å². The number of ether oxygens (including phenoxy) is 1. The van der Waals surface area contributed by atoms with Crippen LogP contribution in [0.2, 0.25) is 0 Å². The van der Waals surface area contributed by atoms with Gasteiger partial charge in [0.05, 0.1) is 32.3 Å². The van der Waals surface area contributed by atoms with Gasteiger partial charge in [0.1, 0.15) is 22.9 Å². The molecule has 0 amide bonds. The number of carboxylic acids is 1. The molecule has 2 aromatic heterocycles. The molecule has 2 heterocycles. The number of nitrogens with zero attached hydrogens (tertiary/aromatic N) is 2. The highest BCUT2D eigenvalue weighted by Gasteiger charge is 2.30. The minimum atomic E-state index is -4.37. The fourth-order valence-electron chi connectivity index (χ4n) is 3.04. The number of benzene rings is 2. The summed E-state index contributed by atoms with van der Waals surface area (Å²) in [5.74, 6) is -0.283. The standard InChI is InChI=1S/C22H17F3N2O3S2/c1-12-17(32-21(26-12)13-5-7-14(8-6-13)22(23,24)25)11-30-15-3-2-4-16-20(15)27-18(31-16)9-10-19(28)29/h2-8H,9-11H2,1H3,(H,28,29). The van der Waals surface area contributed by atoms with Gasteiger partial charge in [-0.1, -0.05) is 18.2 Å². The number of aromatic nitrogens is 2. The predicted molar refractivity (Wildman–Crippen MR) is 117 cm³/mol. The van der Waals surface area contributed by atoms with Gasteiger partial charge in [0.2, 0.25) is 0 Å². The Morgan fingerprint density at radius 1 is 1.09 bits per heavy atom. The quantitative estimate of drug-likeness (QED) is 0.335. The maximum absolute atomic E-state index is 12.8. The number of carboxylic acid groups (broad SMARTS) is 1. The number of fused-ring (bicyclic) bond motifs is 1. The van der Waals surface area contributed by atoms with Crippen molar-refractivity contribution in [1.82, 2.24) is 9.97 Å². The third-order valence-corrected chi connectivity index (χ3v) is 6.95. The molecule has 0 atom stereocenters. The molecule has 10 heteroatoms. The van der Waals surface area contributed by atoms with E-state index in [1.54, 1.807) is 6.07 Å². The van der Waals surface area contributed by atoms with Crippen LogP contribution in [-0.2, 0) is 24.0 Å². The number of carbonyl (C=O) groups is 1. The number of alkyl halides is 3. The van der Waals surface area contributed by atoms with Crippen molar-refractivity contribution in [3.05, 3.63) is 63.6 Å². The van der Waals surface area contributed by atoms with Crippen LogP contribution in [0, 0.1) is 6.92 Å². The summed E-state index contributed by atoms with van der Waals surface area (Å²) < 4.78 is 45.2. The van der Waals surface area contributed by atoms with Gasteiger partial charge in [-0.25, -0.2) is 9.97 Å². The number of aryl methyl sites for hydroxylation is 2. The SMILES string of the molecule is Cc1nc(-c2ccc(C(F)(F)F)cc2)sc1COc1cccc2sc(CCC(=O)O)nc12. The third-order valence-electron chi connectivity index (χ3n) is 4.69. The molecule has 0 aliphatic rings. The van der Waals surface area contributed by atoms with Gasteiger partial charge in [0.25, 0.3) is 0 Å². The number of thiazole rings is 2. The van der Waals surface area contributed by atoms with Crippen LogP contribution in [0.4, 0.5) is 13.2 Å². The van der Waals surface area contributed by atoms with Crippen LogP contribution in [0.3, 0.4) is 0 Å². The van der Waals surface area contributed by atoms with Crippen molar-refractivity contribution < 1.29 is 27.8 Å². The number of para-hydroxylation sites is 1. The average molecular weight is 479 g/mol. The van der Waals surface area contributed by atoms with Crippen LogP contribution in [0.5, 0.6) is 5.75 Å². The molecular weight excluding hydrogens is 461 g/mol. The molecule has 4 aromatic rings. The Labute approximate surface area is 189 Å². The van der Waals surface area contributed by atoms with Gasteiger partial charge in [-0.3, -0.25) is 4.79 Å². The lowest BCUT2D eigenvalue weighted by Gasteiger charge is -2.06. The molecule has 0 aliphatic heterocycles. The van der Waals surface area contributed by atoms with E-state index in [4.69, 9.17) is 9.84 Å². The van der Waals surface area contributed by atoms with E-state index in [-0.39, 0.29) is 13.0 Å². The summed E-state index contributed by atoms with van der Waals surface area (Å²) >= 11 is 2.80. The van der Waals surface area contributed by atoms with Gasteiger partial charge < -0.3 is 9.84 Å². The van der Waals surface area contributed by atoms with Gasteiger partial charge in [-0.05, 0) is 31.2 Å². The van der Waals surface area contributed by atoms with Crippen LogP contribution in [0.1, 0.15) is 27.6 Å². The van der Waals surface area contributed by atoms with Gasteiger partial charge in [-0.15, -0.1) is 22.7 Å². The molecule has 0 radical (unpaired) electrons. The largest absolute Gasteiger partial charge is 0.486 e. The van der Waals surface area contributed by atoms with Gasteiger partial charge in [0, 0.05) is 12.0 Å². The summed E-state index contributed by atoms with van der Waals surface area (Å²) in [5.41, 5.74) is 1.35. The van der Waals surface area contributed by atoms with Crippen LogP contribution in [0.25, 0.3) is 20.8 Å². The summed E-state index contributed by atoms with van der Waals surface area (Å²) in [6.07, 6.45) is -4.00. The molecule has 0 saturated carbocycles. The molecular formula is C22H17F3N2O3S2. The molecule has 32 heavy (non-hydrogen) atoms. The maximum atomic E-state index is 12.8. The van der Waals surface area contributed by atoms with Crippen molar-refractivity contribution in [2.24, 2.45) is 0 Å². The van der Waals surface area contributed by atoms with E-state index < -0.39 is 17.7 Å². The lowest BCUT2D eigenvalue weighted by molar-refractivity contribution is -0.138. The van der Waals surface area contributed by atoms with E-state index in [1.165, 1.54) is 34.8 Å². The molecule has 0 aliphatic carbocycles. The van der Waals surface area contributed by atoms with E-state index in [1.807, 2.05) is 19.1 Å². The molecule has 4 rings (SSSR count). The Morgan fingerprint density at radius 3 is 2.53 bits per heavy atom. The summed E-state index contributed by atoms with van der Waals surface area (Å²) in [5, 5.41) is 10.2. The van der Waals surface area contributed by atoms with Gasteiger partial charge in [0.15, 0.2) is 0 Å². The Hall–Kier alpha value is -2.98. The second-order valence-corrected chi connectivity index (χ2v) is 9.19. The smallest absolute Gasteiger partial charge is 0.416 e. The molecule has 5 nitrogen and oxygen atoms in total. The fourth-order valence-corrected chi connectivity index (χ4v) is 5.00. The van der Waals surface area contributed by atoms with E-state index in [0.29, 0.717) is 28.3 Å². The van der Waals surface area contributed by atoms with Crippen LogP contribution in [0.15, 0.2) is 42.5 Å². The number of hydrogen-bond acceptors (Lipinski definition) is 6. The highest BCUT2D eigenvalue weighted by Crippen LogP contribution is 2.34. The zero-order chi connectivity index (χ0) is 22.9. The Bertz CT molecular complexity index is 1260.